The molecule has 27 heavy (non-hydrogen) atoms. The summed E-state index contributed by atoms with van der Waals surface area (Å²) >= 11 is 0. The van der Waals surface area contributed by atoms with E-state index in [0.29, 0.717) is 17.7 Å². The van der Waals surface area contributed by atoms with Gasteiger partial charge >= 0.3 is 0 Å². The van der Waals surface area contributed by atoms with E-state index in [2.05, 4.69) is 16.5 Å². The molecular formula is C20H31N3O3S. The Morgan fingerprint density at radius 2 is 1.70 bits per heavy atom. The van der Waals surface area contributed by atoms with Crippen LogP contribution in [0.4, 0.5) is 0 Å². The molecule has 2 fully saturated rings. The number of nitrogens with one attached hydrogen (secondary N) is 1. The largest absolute Gasteiger partial charge is 0.340 e. The van der Waals surface area contributed by atoms with Crippen LogP contribution in [0, 0.1) is 0 Å². The average molecular weight is 394 g/mol. The number of hydrogen-bond acceptors (Lipinski definition) is 4. The fraction of sp³-hybridized carbons (Fsp3) is 0.650. The summed E-state index contributed by atoms with van der Waals surface area (Å²) < 4.78 is 27.7. The van der Waals surface area contributed by atoms with Crippen molar-refractivity contribution in [3.63, 3.8) is 0 Å². The van der Waals surface area contributed by atoms with Gasteiger partial charge in [-0.3, -0.25) is 4.79 Å². The van der Waals surface area contributed by atoms with Crippen molar-refractivity contribution in [1.82, 2.24) is 14.5 Å². The van der Waals surface area contributed by atoms with Gasteiger partial charge in [0.05, 0.1) is 4.90 Å². The lowest BCUT2D eigenvalue weighted by molar-refractivity contribution is -0.132. The summed E-state index contributed by atoms with van der Waals surface area (Å²) in [5, 5.41) is 0. The minimum Gasteiger partial charge on any atom is -0.340 e. The first-order chi connectivity index (χ1) is 13.0. The van der Waals surface area contributed by atoms with E-state index in [1.54, 1.807) is 12.1 Å². The van der Waals surface area contributed by atoms with Crippen LogP contribution in [0.5, 0.6) is 0 Å². The molecule has 7 heteroatoms. The van der Waals surface area contributed by atoms with E-state index < -0.39 is 10.0 Å². The number of sulfonamides is 1. The van der Waals surface area contributed by atoms with Crippen LogP contribution in [0.25, 0.3) is 0 Å². The van der Waals surface area contributed by atoms with Crippen LogP contribution in [0.15, 0.2) is 29.2 Å². The molecule has 0 radical (unpaired) electrons. The van der Waals surface area contributed by atoms with Crippen LogP contribution in [-0.2, 0) is 21.2 Å². The maximum absolute atomic E-state index is 12.4. The van der Waals surface area contributed by atoms with Gasteiger partial charge < -0.3 is 9.80 Å². The molecule has 1 amide bonds. The van der Waals surface area contributed by atoms with Crippen LogP contribution < -0.4 is 4.72 Å². The van der Waals surface area contributed by atoms with Crippen molar-refractivity contribution in [2.75, 3.05) is 32.7 Å². The number of amides is 1. The molecule has 0 aromatic heterocycles. The third-order valence-corrected chi connectivity index (χ3v) is 7.25. The zero-order chi connectivity index (χ0) is 19.3. The van der Waals surface area contributed by atoms with E-state index in [-0.39, 0.29) is 11.9 Å². The lowest BCUT2D eigenvalue weighted by Gasteiger charge is -2.34. The van der Waals surface area contributed by atoms with Crippen molar-refractivity contribution in [1.29, 1.82) is 0 Å². The molecule has 6 nitrogen and oxygen atoms in total. The van der Waals surface area contributed by atoms with Gasteiger partial charge in [-0.15, -0.1) is 0 Å². The van der Waals surface area contributed by atoms with E-state index in [1.165, 1.54) is 0 Å². The van der Waals surface area contributed by atoms with E-state index in [4.69, 9.17) is 0 Å². The molecule has 1 saturated heterocycles. The normalized spacial score (nSPS) is 19.5. The summed E-state index contributed by atoms with van der Waals surface area (Å²) in [6.07, 6.45) is 5.14. The van der Waals surface area contributed by atoms with Crippen LogP contribution in [0.2, 0.25) is 0 Å². The van der Waals surface area contributed by atoms with Gasteiger partial charge in [0, 0.05) is 38.6 Å². The minimum atomic E-state index is -3.45. The van der Waals surface area contributed by atoms with Gasteiger partial charge in [-0.25, -0.2) is 13.1 Å². The van der Waals surface area contributed by atoms with Gasteiger partial charge in [-0.1, -0.05) is 31.9 Å². The predicted molar refractivity (Wildman–Crippen MR) is 106 cm³/mol. The molecule has 1 heterocycles. The lowest BCUT2D eigenvalue weighted by atomic mass is 10.1. The third-order valence-electron chi connectivity index (χ3n) is 5.71. The Hall–Kier alpha value is -1.44. The maximum atomic E-state index is 12.4. The summed E-state index contributed by atoms with van der Waals surface area (Å²) in [5.41, 5.74) is 0.996. The van der Waals surface area contributed by atoms with Crippen LogP contribution >= 0.6 is 0 Å². The molecule has 1 aliphatic heterocycles. The predicted octanol–water partition coefficient (Wildman–Crippen LogP) is 2.00. The van der Waals surface area contributed by atoms with E-state index in [1.807, 2.05) is 17.0 Å². The molecule has 3 rings (SSSR count). The number of piperazine rings is 1. The molecule has 0 atom stereocenters. The molecule has 1 aliphatic carbocycles. The fourth-order valence-electron chi connectivity index (χ4n) is 3.89. The summed E-state index contributed by atoms with van der Waals surface area (Å²) in [6.45, 7) is 6.68. The maximum Gasteiger partial charge on any atom is 0.240 e. The summed E-state index contributed by atoms with van der Waals surface area (Å²) in [4.78, 5) is 17.0. The number of nitrogens with zero attached hydrogens (tertiary/aromatic N) is 2. The van der Waals surface area contributed by atoms with Gasteiger partial charge in [0.25, 0.3) is 0 Å². The van der Waals surface area contributed by atoms with Crippen molar-refractivity contribution in [3.05, 3.63) is 29.8 Å². The number of carbonyl (C=O) groups is 1. The van der Waals surface area contributed by atoms with Crippen LogP contribution in [0.1, 0.15) is 44.6 Å². The number of carbonyl (C=O) groups excluding carboxylic acids is 1. The number of hydrogen-bond donors (Lipinski definition) is 1. The monoisotopic (exact) mass is 393 g/mol. The Bertz CT molecular complexity index is 719. The smallest absolute Gasteiger partial charge is 0.240 e. The molecule has 0 bridgehead atoms. The second-order valence-electron chi connectivity index (χ2n) is 7.56. The molecule has 1 saturated carbocycles. The molecule has 150 valence electrons. The molecule has 0 spiro atoms. The molecule has 1 N–H and O–H groups in total. The first-order valence-electron chi connectivity index (χ1n) is 10.1. The first-order valence-corrected chi connectivity index (χ1v) is 11.6. The van der Waals surface area contributed by atoms with E-state index in [0.717, 1.165) is 64.0 Å². The van der Waals surface area contributed by atoms with Crippen molar-refractivity contribution in [2.45, 2.75) is 56.4 Å². The minimum absolute atomic E-state index is 0.0699. The Labute approximate surface area is 163 Å². The standard InChI is InChI=1S/C20H31N3O3S/c1-2-22-13-15-23(16-14-22)20(24)12-9-17-7-10-19(11-8-17)27(25,26)21-18-5-3-4-6-18/h7-8,10-11,18,21H,2-6,9,12-16H2,1H3. The van der Waals surface area contributed by atoms with Gasteiger partial charge in [-0.05, 0) is 43.5 Å². The number of aryl methyl sites for hydroxylation is 1. The Morgan fingerprint density at radius 3 is 2.30 bits per heavy atom. The second kappa shape index (κ2) is 9.17. The topological polar surface area (TPSA) is 69.7 Å². The van der Waals surface area contributed by atoms with Gasteiger partial charge in [0.2, 0.25) is 15.9 Å². The highest BCUT2D eigenvalue weighted by atomic mass is 32.2. The highest BCUT2D eigenvalue weighted by molar-refractivity contribution is 7.89. The van der Waals surface area contributed by atoms with Gasteiger partial charge in [0.1, 0.15) is 0 Å². The summed E-state index contributed by atoms with van der Waals surface area (Å²) in [7, 11) is -3.45. The first kappa shape index (κ1) is 20.3. The zero-order valence-electron chi connectivity index (χ0n) is 16.2. The molecule has 1 aromatic carbocycles. The lowest BCUT2D eigenvalue weighted by Crippen LogP contribution is -2.48. The van der Waals surface area contributed by atoms with E-state index >= 15 is 0 Å². The highest BCUT2D eigenvalue weighted by Crippen LogP contribution is 2.21. The van der Waals surface area contributed by atoms with E-state index in [9.17, 15) is 13.2 Å². The average Bonchev–Trinajstić information content (AvgIpc) is 3.19. The van der Waals surface area contributed by atoms with Crippen molar-refractivity contribution in [2.24, 2.45) is 0 Å². The molecule has 0 unspecified atom stereocenters. The fourth-order valence-corrected chi connectivity index (χ4v) is 5.19. The highest BCUT2D eigenvalue weighted by Gasteiger charge is 2.23. The summed E-state index contributed by atoms with van der Waals surface area (Å²) in [6, 6.07) is 7.02. The van der Waals surface area contributed by atoms with Crippen LogP contribution in [-0.4, -0.2) is 62.9 Å². The summed E-state index contributed by atoms with van der Waals surface area (Å²) in [5.74, 6) is 0.186. The number of benzene rings is 1. The molecule has 2 aliphatic rings. The SMILES string of the molecule is CCN1CCN(C(=O)CCc2ccc(S(=O)(=O)NC3CCCC3)cc2)CC1. The van der Waals surface area contributed by atoms with Crippen LogP contribution in [0.3, 0.4) is 0 Å². The Kier molecular flexibility index (Phi) is 6.89. The quantitative estimate of drug-likeness (QED) is 0.769. The van der Waals surface area contributed by atoms with Crippen molar-refractivity contribution in [3.8, 4) is 0 Å². The number of rotatable bonds is 7. The van der Waals surface area contributed by atoms with Gasteiger partial charge in [-0.2, -0.15) is 0 Å². The Morgan fingerprint density at radius 1 is 1.07 bits per heavy atom. The molecular weight excluding hydrogens is 362 g/mol. The second-order valence-corrected chi connectivity index (χ2v) is 9.28. The Balaban J connectivity index is 1.49. The van der Waals surface area contributed by atoms with Crippen molar-refractivity contribution < 1.29 is 13.2 Å². The van der Waals surface area contributed by atoms with Gasteiger partial charge in [0.15, 0.2) is 0 Å². The van der Waals surface area contributed by atoms with Crippen molar-refractivity contribution >= 4 is 15.9 Å². The third kappa shape index (κ3) is 5.53. The molecule has 1 aromatic rings. The number of likely N-dealkylation sites (N-methyl/N-ethyl adjacent to an activating group) is 1. The zero-order valence-corrected chi connectivity index (χ0v) is 17.0.